The zero-order valence-electron chi connectivity index (χ0n) is 22.0. The Bertz CT molecular complexity index is 1410. The lowest BCUT2D eigenvalue weighted by Gasteiger charge is -2.37. The minimum atomic E-state index is -3.50. The van der Waals surface area contributed by atoms with E-state index in [2.05, 4.69) is 44.1 Å². The SMILES string of the molecule is CCC1C=C(C)N(C)C=C1S(=O)(=O)N1CCN(CC(CC)n2cc(-c3ncnc4[nH]ccc34)cn2)CC1. The molecule has 2 unspecified atom stereocenters. The molecule has 0 radical (unpaired) electrons. The number of fused-ring (bicyclic) bond motifs is 1. The third-order valence-electron chi connectivity index (χ3n) is 7.64. The van der Waals surface area contributed by atoms with Crippen LogP contribution in [0, 0.1) is 5.92 Å². The van der Waals surface area contributed by atoms with Crippen molar-refractivity contribution in [2.75, 3.05) is 39.8 Å². The van der Waals surface area contributed by atoms with E-state index in [0.717, 1.165) is 47.4 Å². The van der Waals surface area contributed by atoms with Crippen LogP contribution >= 0.6 is 0 Å². The Kier molecular flexibility index (Phi) is 7.19. The minimum Gasteiger partial charge on any atom is -0.354 e. The Morgan fingerprint density at radius 2 is 1.95 bits per heavy atom. The summed E-state index contributed by atoms with van der Waals surface area (Å²) in [6.07, 6.45) is 12.9. The number of allylic oxidation sites excluding steroid dienone is 3. The van der Waals surface area contributed by atoms with E-state index in [-0.39, 0.29) is 12.0 Å². The standard InChI is InChI=1S/C26H36N8O2S/c1-5-20-13-19(3)31(4)17-24(20)37(35,36)33-11-9-32(10-12-33)16-22(6-2)34-15-21(14-30-34)25-23-7-8-27-26(23)29-18-28-25/h7-8,13-15,17-18,20,22H,5-6,9-12,16H2,1-4H3,(H,27,28,29). The summed E-state index contributed by atoms with van der Waals surface area (Å²) >= 11 is 0. The third-order valence-corrected chi connectivity index (χ3v) is 9.69. The number of rotatable bonds is 8. The molecule has 0 spiro atoms. The fraction of sp³-hybridized carbons (Fsp3) is 0.500. The molecular weight excluding hydrogens is 488 g/mol. The highest BCUT2D eigenvalue weighted by molar-refractivity contribution is 7.93. The number of H-pyrrole nitrogens is 1. The molecule has 1 saturated heterocycles. The Morgan fingerprint density at radius 3 is 2.68 bits per heavy atom. The maximum absolute atomic E-state index is 13.5. The minimum absolute atomic E-state index is 0.0694. The van der Waals surface area contributed by atoms with Gasteiger partial charge in [0.1, 0.15) is 12.0 Å². The molecule has 0 aromatic carbocycles. The molecular formula is C26H36N8O2S. The fourth-order valence-corrected chi connectivity index (χ4v) is 7.07. The van der Waals surface area contributed by atoms with Gasteiger partial charge in [0.15, 0.2) is 0 Å². The van der Waals surface area contributed by atoms with Crippen molar-refractivity contribution in [3.8, 4) is 11.3 Å². The molecule has 10 nitrogen and oxygen atoms in total. The van der Waals surface area contributed by atoms with Gasteiger partial charge in [-0.25, -0.2) is 18.4 Å². The number of sulfonamides is 1. The molecule has 11 heteroatoms. The molecule has 3 aromatic rings. The first-order chi connectivity index (χ1) is 17.8. The summed E-state index contributed by atoms with van der Waals surface area (Å²) in [6, 6.07) is 2.17. The topological polar surface area (TPSA) is 103 Å². The number of hydrogen-bond acceptors (Lipinski definition) is 7. The van der Waals surface area contributed by atoms with Crippen LogP contribution in [0.4, 0.5) is 0 Å². The normalized spacial score (nSPS) is 20.8. The second kappa shape index (κ2) is 10.4. The molecule has 5 rings (SSSR count). The van der Waals surface area contributed by atoms with Gasteiger partial charge in [-0.3, -0.25) is 9.58 Å². The summed E-state index contributed by atoms with van der Waals surface area (Å²) < 4.78 is 30.7. The highest BCUT2D eigenvalue weighted by Crippen LogP contribution is 2.32. The number of hydrogen-bond donors (Lipinski definition) is 1. The Hall–Kier alpha value is -3.02. The summed E-state index contributed by atoms with van der Waals surface area (Å²) in [4.78, 5) is 16.6. The monoisotopic (exact) mass is 524 g/mol. The number of nitrogens with one attached hydrogen (secondary N) is 1. The molecule has 2 aliphatic rings. The highest BCUT2D eigenvalue weighted by Gasteiger charge is 2.35. The van der Waals surface area contributed by atoms with Gasteiger partial charge in [-0.1, -0.05) is 19.9 Å². The summed E-state index contributed by atoms with van der Waals surface area (Å²) in [7, 11) is -1.60. The summed E-state index contributed by atoms with van der Waals surface area (Å²) in [5, 5.41) is 5.64. The first-order valence-corrected chi connectivity index (χ1v) is 14.4. The van der Waals surface area contributed by atoms with Crippen molar-refractivity contribution < 1.29 is 8.42 Å². The molecule has 1 fully saturated rings. The van der Waals surface area contributed by atoms with Crippen molar-refractivity contribution in [3.63, 3.8) is 0 Å². The second-order valence-corrected chi connectivity index (χ2v) is 11.8. The van der Waals surface area contributed by atoms with Crippen LogP contribution in [-0.4, -0.2) is 87.0 Å². The van der Waals surface area contributed by atoms with Gasteiger partial charge in [0, 0.05) is 80.9 Å². The third kappa shape index (κ3) is 4.95. The van der Waals surface area contributed by atoms with E-state index in [0.29, 0.717) is 31.1 Å². The molecule has 0 aliphatic carbocycles. The summed E-state index contributed by atoms with van der Waals surface area (Å²) in [6.45, 7) is 9.43. The van der Waals surface area contributed by atoms with Crippen molar-refractivity contribution in [2.45, 2.75) is 39.7 Å². The van der Waals surface area contributed by atoms with Crippen LogP contribution < -0.4 is 0 Å². The van der Waals surface area contributed by atoms with Crippen molar-refractivity contribution in [1.29, 1.82) is 0 Å². The molecule has 0 amide bonds. The van der Waals surface area contributed by atoms with E-state index >= 15 is 0 Å². The average molecular weight is 525 g/mol. The number of nitrogens with zero attached hydrogens (tertiary/aromatic N) is 7. The van der Waals surface area contributed by atoms with Gasteiger partial charge in [0.25, 0.3) is 0 Å². The lowest BCUT2D eigenvalue weighted by Crippen LogP contribution is -2.50. The highest BCUT2D eigenvalue weighted by atomic mass is 32.2. The molecule has 0 saturated carbocycles. The van der Waals surface area contributed by atoms with Crippen LogP contribution in [0.1, 0.15) is 39.7 Å². The van der Waals surface area contributed by atoms with Gasteiger partial charge < -0.3 is 9.88 Å². The zero-order valence-corrected chi connectivity index (χ0v) is 22.8. The Morgan fingerprint density at radius 1 is 1.16 bits per heavy atom. The Balaban J connectivity index is 1.24. The maximum atomic E-state index is 13.5. The molecule has 2 aliphatic heterocycles. The largest absolute Gasteiger partial charge is 0.354 e. The number of aromatic nitrogens is 5. The second-order valence-electron chi connectivity index (χ2n) is 9.90. The smallest absolute Gasteiger partial charge is 0.241 e. The van der Waals surface area contributed by atoms with Crippen LogP contribution in [0.3, 0.4) is 0 Å². The van der Waals surface area contributed by atoms with Crippen molar-refractivity contribution >= 4 is 21.1 Å². The predicted octanol–water partition coefficient (Wildman–Crippen LogP) is 3.44. The van der Waals surface area contributed by atoms with Crippen molar-refractivity contribution in [3.05, 3.63) is 53.9 Å². The van der Waals surface area contributed by atoms with Crippen molar-refractivity contribution in [2.24, 2.45) is 5.92 Å². The Labute approximate surface area is 218 Å². The van der Waals surface area contributed by atoms with Gasteiger partial charge in [0.2, 0.25) is 10.0 Å². The summed E-state index contributed by atoms with van der Waals surface area (Å²) in [5.41, 5.74) is 3.72. The molecule has 1 N–H and O–H groups in total. The van der Waals surface area contributed by atoms with Gasteiger partial charge in [-0.05, 0) is 25.8 Å². The number of piperazine rings is 1. The molecule has 5 heterocycles. The number of aromatic amines is 1. The van der Waals surface area contributed by atoms with Gasteiger partial charge in [-0.2, -0.15) is 9.40 Å². The zero-order chi connectivity index (χ0) is 26.2. The van der Waals surface area contributed by atoms with E-state index in [1.54, 1.807) is 16.8 Å². The molecule has 0 bridgehead atoms. The lowest BCUT2D eigenvalue weighted by molar-refractivity contribution is 0.161. The van der Waals surface area contributed by atoms with Gasteiger partial charge in [0.05, 0.1) is 22.8 Å². The van der Waals surface area contributed by atoms with E-state index < -0.39 is 10.0 Å². The van der Waals surface area contributed by atoms with Gasteiger partial charge >= 0.3 is 0 Å². The van der Waals surface area contributed by atoms with Crippen LogP contribution in [-0.2, 0) is 10.0 Å². The van der Waals surface area contributed by atoms with E-state index in [4.69, 9.17) is 0 Å². The maximum Gasteiger partial charge on any atom is 0.241 e. The van der Waals surface area contributed by atoms with Crippen LogP contribution in [0.25, 0.3) is 22.3 Å². The van der Waals surface area contributed by atoms with E-state index in [9.17, 15) is 8.42 Å². The predicted molar refractivity (Wildman–Crippen MR) is 145 cm³/mol. The molecule has 2 atom stereocenters. The fourth-order valence-electron chi connectivity index (χ4n) is 5.22. The van der Waals surface area contributed by atoms with Crippen molar-refractivity contribution in [1.82, 2.24) is 38.8 Å². The lowest BCUT2D eigenvalue weighted by atomic mass is 10.0. The first-order valence-electron chi connectivity index (χ1n) is 13.0. The van der Waals surface area contributed by atoms with E-state index in [1.807, 2.05) is 48.9 Å². The molecule has 3 aromatic heterocycles. The van der Waals surface area contributed by atoms with Gasteiger partial charge in [-0.15, -0.1) is 0 Å². The van der Waals surface area contributed by atoms with Crippen LogP contribution in [0.15, 0.2) is 53.9 Å². The molecule has 198 valence electrons. The van der Waals surface area contributed by atoms with Crippen LogP contribution in [0.5, 0.6) is 0 Å². The van der Waals surface area contributed by atoms with Crippen LogP contribution in [0.2, 0.25) is 0 Å². The quantitative estimate of drug-likeness (QED) is 0.481. The average Bonchev–Trinajstić information content (AvgIpc) is 3.59. The molecule has 37 heavy (non-hydrogen) atoms. The summed E-state index contributed by atoms with van der Waals surface area (Å²) in [5.74, 6) is -0.0694. The first kappa shape index (κ1) is 25.6. The van der Waals surface area contributed by atoms with E-state index in [1.165, 1.54) is 0 Å².